The fourth-order valence-corrected chi connectivity index (χ4v) is 0.553. The van der Waals surface area contributed by atoms with Gasteiger partial charge in [-0.1, -0.05) is 31.9 Å². The van der Waals surface area contributed by atoms with Crippen LogP contribution in [0.15, 0.2) is 54.2 Å². The van der Waals surface area contributed by atoms with Crippen LogP contribution in [0.25, 0.3) is 0 Å². The van der Waals surface area contributed by atoms with Crippen LogP contribution < -0.4 is 0 Å². The largest absolute Gasteiger partial charge is 0.257 e. The summed E-state index contributed by atoms with van der Waals surface area (Å²) in [6.07, 6.45) is 6.69. The summed E-state index contributed by atoms with van der Waals surface area (Å²) in [5, 5.41) is 0. The Bertz CT molecular complexity index is 219. The second kappa shape index (κ2) is 5.42. The molecule has 0 radical (unpaired) electrons. The molecule has 0 saturated heterocycles. The third-order valence-corrected chi connectivity index (χ3v) is 1.22. The fraction of sp³-hybridized carbons (Fsp3) is 0.100. The predicted molar refractivity (Wildman–Crippen MR) is 51.8 cm³/mol. The molecule has 0 aliphatic heterocycles. The third kappa shape index (κ3) is 3.36. The van der Waals surface area contributed by atoms with Crippen molar-refractivity contribution in [3.63, 3.8) is 0 Å². The minimum atomic E-state index is 0.833. The van der Waals surface area contributed by atoms with E-state index < -0.39 is 0 Å². The molecule has 0 bridgehead atoms. The molecule has 11 heavy (non-hydrogen) atoms. The van der Waals surface area contributed by atoms with Gasteiger partial charge in [0.1, 0.15) is 0 Å². The van der Waals surface area contributed by atoms with Gasteiger partial charge in [-0.05, 0) is 18.6 Å². The Kier molecular flexibility index (Phi) is 4.74. The third-order valence-electron chi connectivity index (χ3n) is 1.22. The maximum atomic E-state index is 4.08. The van der Waals surface area contributed by atoms with Gasteiger partial charge in [-0.3, -0.25) is 4.99 Å². The van der Waals surface area contributed by atoms with Gasteiger partial charge in [-0.25, -0.2) is 0 Å². The molecule has 1 nitrogen and oxygen atoms in total. The normalized spacial score (nSPS) is 12.5. The Morgan fingerprint density at radius 1 is 1.18 bits per heavy atom. The van der Waals surface area contributed by atoms with E-state index in [4.69, 9.17) is 0 Å². The zero-order valence-electron chi connectivity index (χ0n) is 6.88. The van der Waals surface area contributed by atoms with Crippen LogP contribution in [0, 0.1) is 0 Å². The first-order chi connectivity index (χ1) is 5.26. The Balaban J connectivity index is 4.64. The molecule has 0 rings (SSSR count). The van der Waals surface area contributed by atoms with E-state index in [1.54, 1.807) is 24.4 Å². The fourth-order valence-electron chi connectivity index (χ4n) is 0.553. The molecule has 0 aliphatic rings. The second-order valence-corrected chi connectivity index (χ2v) is 1.99. The van der Waals surface area contributed by atoms with E-state index in [9.17, 15) is 0 Å². The molecule has 0 atom stereocenters. The quantitative estimate of drug-likeness (QED) is 0.428. The lowest BCUT2D eigenvalue weighted by atomic mass is 10.2. The Morgan fingerprint density at radius 2 is 1.82 bits per heavy atom. The van der Waals surface area contributed by atoms with Crippen LogP contribution in [0.5, 0.6) is 0 Å². The summed E-state index contributed by atoms with van der Waals surface area (Å²) in [5.74, 6) is 0. The van der Waals surface area contributed by atoms with Crippen molar-refractivity contribution in [3.05, 3.63) is 49.2 Å². The summed E-state index contributed by atoms with van der Waals surface area (Å²) >= 11 is 0. The van der Waals surface area contributed by atoms with Crippen molar-refractivity contribution in [1.82, 2.24) is 0 Å². The van der Waals surface area contributed by atoms with Gasteiger partial charge in [-0.15, -0.1) is 0 Å². The van der Waals surface area contributed by atoms with Gasteiger partial charge in [-0.2, -0.15) is 0 Å². The monoisotopic (exact) mass is 147 g/mol. The second-order valence-electron chi connectivity index (χ2n) is 1.99. The minimum Gasteiger partial charge on any atom is -0.257 e. The topological polar surface area (TPSA) is 12.4 Å². The molecule has 0 aromatic rings. The van der Waals surface area contributed by atoms with Gasteiger partial charge in [0.2, 0.25) is 0 Å². The number of hydrogen-bond donors (Lipinski definition) is 0. The maximum absolute atomic E-state index is 4.08. The average Bonchev–Trinajstić information content (AvgIpc) is 2.05. The molecule has 58 valence electrons. The molecule has 0 aromatic heterocycles. The maximum Gasteiger partial charge on any atom is 0.0652 e. The molecule has 0 heterocycles. The van der Waals surface area contributed by atoms with Gasteiger partial charge in [0, 0.05) is 6.21 Å². The molecule has 0 aromatic carbocycles. The summed E-state index contributed by atoms with van der Waals surface area (Å²) in [7, 11) is 0. The molecule has 0 saturated carbocycles. The lowest BCUT2D eigenvalue weighted by Crippen LogP contribution is -1.77. The van der Waals surface area contributed by atoms with Crippen LogP contribution in [0.3, 0.4) is 0 Å². The first-order valence-corrected chi connectivity index (χ1v) is 3.37. The van der Waals surface area contributed by atoms with E-state index in [0.717, 1.165) is 11.3 Å². The number of allylic oxidation sites excluding steroid dienone is 4. The molecule has 0 fully saturated rings. The first-order valence-electron chi connectivity index (χ1n) is 3.37. The molecule has 0 spiro atoms. The summed E-state index contributed by atoms with van der Waals surface area (Å²) in [5.41, 5.74) is 1.85. The number of hydrogen-bond acceptors (Lipinski definition) is 1. The summed E-state index contributed by atoms with van der Waals surface area (Å²) in [6.45, 7) is 12.7. The zero-order valence-corrected chi connectivity index (χ0v) is 6.88. The molecular formula is C10H13N. The Morgan fingerprint density at radius 3 is 2.18 bits per heavy atom. The SMILES string of the molecule is C=C/C=N\C(C=C)=C(\C)C=C. The molecule has 0 N–H and O–H groups in total. The van der Waals surface area contributed by atoms with Crippen molar-refractivity contribution >= 4 is 6.21 Å². The van der Waals surface area contributed by atoms with Crippen LogP contribution >= 0.6 is 0 Å². The molecule has 0 unspecified atom stereocenters. The lowest BCUT2D eigenvalue weighted by molar-refractivity contribution is 1.33. The van der Waals surface area contributed by atoms with E-state index >= 15 is 0 Å². The highest BCUT2D eigenvalue weighted by molar-refractivity contribution is 5.71. The van der Waals surface area contributed by atoms with Crippen molar-refractivity contribution in [2.24, 2.45) is 4.99 Å². The van der Waals surface area contributed by atoms with Crippen LogP contribution in [-0.2, 0) is 0 Å². The van der Waals surface area contributed by atoms with Gasteiger partial charge in [0.15, 0.2) is 0 Å². The summed E-state index contributed by atoms with van der Waals surface area (Å²) in [4.78, 5) is 4.08. The standard InChI is InChI=1S/C10H13N/c1-5-8-11-10(7-3)9(4)6-2/h5-8H,1-3H2,4H3/b10-9-,11-8-. The smallest absolute Gasteiger partial charge is 0.0652 e. The highest BCUT2D eigenvalue weighted by Gasteiger charge is 1.88. The van der Waals surface area contributed by atoms with Gasteiger partial charge in [0.25, 0.3) is 0 Å². The highest BCUT2D eigenvalue weighted by Crippen LogP contribution is 2.06. The van der Waals surface area contributed by atoms with Gasteiger partial charge in [0.05, 0.1) is 5.70 Å². The first kappa shape index (κ1) is 9.63. The number of aliphatic imine (C=N–C) groups is 1. The van der Waals surface area contributed by atoms with E-state index in [-0.39, 0.29) is 0 Å². The van der Waals surface area contributed by atoms with Gasteiger partial charge >= 0.3 is 0 Å². The predicted octanol–water partition coefficient (Wildman–Crippen LogP) is 2.89. The minimum absolute atomic E-state index is 0.833. The van der Waals surface area contributed by atoms with Crippen LogP contribution in [0.4, 0.5) is 0 Å². The van der Waals surface area contributed by atoms with E-state index in [1.807, 2.05) is 6.92 Å². The Hall–Kier alpha value is -1.37. The summed E-state index contributed by atoms with van der Waals surface area (Å²) in [6, 6.07) is 0. The highest BCUT2D eigenvalue weighted by atomic mass is 14.7. The average molecular weight is 147 g/mol. The van der Waals surface area contributed by atoms with E-state index in [0.29, 0.717) is 0 Å². The van der Waals surface area contributed by atoms with E-state index in [2.05, 4.69) is 24.7 Å². The van der Waals surface area contributed by atoms with Crippen molar-refractivity contribution in [1.29, 1.82) is 0 Å². The van der Waals surface area contributed by atoms with Crippen molar-refractivity contribution in [2.75, 3.05) is 0 Å². The van der Waals surface area contributed by atoms with Crippen LogP contribution in [-0.4, -0.2) is 6.21 Å². The molecule has 0 aliphatic carbocycles. The van der Waals surface area contributed by atoms with Crippen molar-refractivity contribution in [2.45, 2.75) is 6.92 Å². The van der Waals surface area contributed by atoms with Crippen molar-refractivity contribution < 1.29 is 0 Å². The van der Waals surface area contributed by atoms with Crippen molar-refractivity contribution in [3.8, 4) is 0 Å². The number of nitrogens with zero attached hydrogens (tertiary/aromatic N) is 1. The molecular weight excluding hydrogens is 134 g/mol. The van der Waals surface area contributed by atoms with Gasteiger partial charge < -0.3 is 0 Å². The Labute approximate surface area is 68.2 Å². The zero-order chi connectivity index (χ0) is 8.69. The lowest BCUT2D eigenvalue weighted by Gasteiger charge is -1.95. The molecule has 0 amide bonds. The van der Waals surface area contributed by atoms with E-state index in [1.165, 1.54) is 0 Å². The summed E-state index contributed by atoms with van der Waals surface area (Å²) < 4.78 is 0. The van der Waals surface area contributed by atoms with Crippen LogP contribution in [0.2, 0.25) is 0 Å². The molecule has 1 heteroatoms. The number of rotatable bonds is 4. The van der Waals surface area contributed by atoms with Crippen LogP contribution in [0.1, 0.15) is 6.92 Å².